The van der Waals surface area contributed by atoms with Gasteiger partial charge in [-0.3, -0.25) is 15.6 Å². The van der Waals surface area contributed by atoms with Gasteiger partial charge in [0, 0.05) is 5.69 Å². The molecule has 120 valence electrons. The van der Waals surface area contributed by atoms with Crippen LogP contribution < -0.4 is 20.9 Å². The first-order valence-electron chi connectivity index (χ1n) is 7.27. The van der Waals surface area contributed by atoms with E-state index in [0.29, 0.717) is 5.70 Å². The molecule has 0 bridgehead atoms. The lowest BCUT2D eigenvalue weighted by atomic mass is 10.2. The van der Waals surface area contributed by atoms with Gasteiger partial charge < -0.3 is 10.1 Å². The summed E-state index contributed by atoms with van der Waals surface area (Å²) in [5, 5.41) is 3.05. The van der Waals surface area contributed by atoms with Crippen molar-refractivity contribution in [1.82, 2.24) is 10.9 Å². The van der Waals surface area contributed by atoms with Gasteiger partial charge in [0.15, 0.2) is 0 Å². The van der Waals surface area contributed by atoms with Gasteiger partial charge in [-0.15, -0.1) is 0 Å². The quantitative estimate of drug-likeness (QED) is 0.688. The van der Waals surface area contributed by atoms with Gasteiger partial charge in [0.2, 0.25) is 0 Å². The molecule has 23 heavy (non-hydrogen) atoms. The van der Waals surface area contributed by atoms with Gasteiger partial charge in [-0.1, -0.05) is 24.3 Å². The molecule has 0 aliphatic heterocycles. The first kappa shape index (κ1) is 16.4. The van der Waals surface area contributed by atoms with Crippen LogP contribution in [0.15, 0.2) is 55.1 Å². The van der Waals surface area contributed by atoms with E-state index in [1.165, 1.54) is 5.56 Å². The van der Waals surface area contributed by atoms with Crippen molar-refractivity contribution in [2.24, 2.45) is 0 Å². The molecule has 0 atom stereocenters. The summed E-state index contributed by atoms with van der Waals surface area (Å²) in [6, 6.07) is 15.3. The third kappa shape index (κ3) is 5.07. The molecular weight excluding hydrogens is 290 g/mol. The van der Waals surface area contributed by atoms with Gasteiger partial charge in [0.1, 0.15) is 5.75 Å². The highest BCUT2D eigenvalue weighted by Gasteiger charge is 2.03. The zero-order chi connectivity index (χ0) is 16.7. The molecule has 0 heterocycles. The number of hydrazine groups is 1. The predicted molar refractivity (Wildman–Crippen MR) is 93.0 cm³/mol. The van der Waals surface area contributed by atoms with Crippen molar-refractivity contribution >= 4 is 17.3 Å². The fraction of sp³-hybridized carbons (Fsp3) is 0.167. The van der Waals surface area contributed by atoms with Crippen molar-refractivity contribution in [2.45, 2.75) is 6.92 Å². The van der Waals surface area contributed by atoms with E-state index >= 15 is 0 Å². The van der Waals surface area contributed by atoms with Crippen LogP contribution in [0.3, 0.4) is 0 Å². The lowest BCUT2D eigenvalue weighted by Gasteiger charge is -2.12. The van der Waals surface area contributed by atoms with Crippen LogP contribution >= 0.6 is 0 Å². The van der Waals surface area contributed by atoms with Crippen molar-refractivity contribution < 1.29 is 9.53 Å². The van der Waals surface area contributed by atoms with E-state index in [4.69, 9.17) is 4.74 Å². The summed E-state index contributed by atoms with van der Waals surface area (Å²) < 4.78 is 5.10. The number of rotatable bonds is 7. The second-order valence-corrected chi connectivity index (χ2v) is 5.10. The summed E-state index contributed by atoms with van der Waals surface area (Å²) in [5.74, 6) is 0.591. The third-order valence-corrected chi connectivity index (χ3v) is 3.30. The average Bonchev–Trinajstić information content (AvgIpc) is 2.59. The van der Waals surface area contributed by atoms with Gasteiger partial charge >= 0.3 is 0 Å². The number of hydrogen-bond acceptors (Lipinski definition) is 4. The van der Waals surface area contributed by atoms with Crippen molar-refractivity contribution in [2.75, 3.05) is 19.0 Å². The molecule has 0 saturated heterocycles. The van der Waals surface area contributed by atoms with Gasteiger partial charge in [-0.25, -0.2) is 0 Å². The normalized spacial score (nSPS) is 9.83. The first-order chi connectivity index (χ1) is 11.1. The van der Waals surface area contributed by atoms with E-state index in [1.54, 1.807) is 7.11 Å². The monoisotopic (exact) mass is 311 g/mol. The van der Waals surface area contributed by atoms with Crippen LogP contribution in [0.1, 0.15) is 11.1 Å². The minimum atomic E-state index is -0.180. The van der Waals surface area contributed by atoms with Crippen molar-refractivity contribution in [3.63, 3.8) is 0 Å². The Bertz CT molecular complexity index is 664. The van der Waals surface area contributed by atoms with Crippen LogP contribution in [0.25, 0.3) is 5.70 Å². The van der Waals surface area contributed by atoms with E-state index in [1.807, 2.05) is 55.5 Å². The van der Waals surface area contributed by atoms with Gasteiger partial charge in [0.05, 0.1) is 19.4 Å². The Kier molecular flexibility index (Phi) is 5.63. The Hall–Kier alpha value is -2.95. The molecule has 5 nitrogen and oxygen atoms in total. The number of benzene rings is 2. The molecule has 2 aromatic carbocycles. The maximum Gasteiger partial charge on any atom is 0.257 e. The number of amides is 1. The second kappa shape index (κ2) is 7.89. The van der Waals surface area contributed by atoms with E-state index in [-0.39, 0.29) is 12.5 Å². The molecule has 0 saturated carbocycles. The molecule has 2 aromatic rings. The number of ether oxygens (including phenoxy) is 1. The van der Waals surface area contributed by atoms with Crippen LogP contribution in [-0.4, -0.2) is 19.6 Å². The molecule has 0 spiro atoms. The number of anilines is 1. The summed E-state index contributed by atoms with van der Waals surface area (Å²) in [5.41, 5.74) is 8.98. The lowest BCUT2D eigenvalue weighted by molar-refractivity contribution is -0.120. The summed E-state index contributed by atoms with van der Waals surface area (Å²) in [4.78, 5) is 11.8. The Labute approximate surface area is 136 Å². The maximum absolute atomic E-state index is 11.8. The Morgan fingerprint density at radius 3 is 2.30 bits per heavy atom. The van der Waals surface area contributed by atoms with Gasteiger partial charge in [-0.05, 0) is 48.9 Å². The highest BCUT2D eigenvalue weighted by Crippen LogP contribution is 2.15. The molecule has 1 amide bonds. The largest absolute Gasteiger partial charge is 0.497 e. The fourth-order valence-electron chi connectivity index (χ4n) is 1.91. The lowest BCUT2D eigenvalue weighted by Crippen LogP contribution is -2.39. The van der Waals surface area contributed by atoms with Gasteiger partial charge in [0.25, 0.3) is 5.91 Å². The standard InChI is InChI=1S/C18H21N3O2/c1-13-4-8-16(9-5-13)19-12-18(22)21-20-14(2)15-6-10-17(23-3)11-7-15/h4-11,19-20H,2,12H2,1,3H3,(H,21,22). The van der Waals surface area contributed by atoms with E-state index < -0.39 is 0 Å². The van der Waals surface area contributed by atoms with Crippen LogP contribution in [0, 0.1) is 6.92 Å². The minimum absolute atomic E-state index is 0.173. The molecular formula is C18H21N3O2. The molecule has 0 aromatic heterocycles. The molecule has 0 fully saturated rings. The molecule has 2 rings (SSSR count). The zero-order valence-corrected chi connectivity index (χ0v) is 13.3. The molecule has 0 aliphatic carbocycles. The number of nitrogens with one attached hydrogen (secondary N) is 3. The first-order valence-corrected chi connectivity index (χ1v) is 7.27. The summed E-state index contributed by atoms with van der Waals surface area (Å²) in [7, 11) is 1.61. The number of hydrogen-bond donors (Lipinski definition) is 3. The molecule has 0 unspecified atom stereocenters. The summed E-state index contributed by atoms with van der Waals surface area (Å²) in [6.07, 6.45) is 0. The van der Waals surface area contributed by atoms with Crippen LogP contribution in [0.5, 0.6) is 5.75 Å². The minimum Gasteiger partial charge on any atom is -0.497 e. The average molecular weight is 311 g/mol. The van der Waals surface area contributed by atoms with Crippen molar-refractivity contribution in [3.8, 4) is 5.75 Å². The highest BCUT2D eigenvalue weighted by atomic mass is 16.5. The summed E-state index contributed by atoms with van der Waals surface area (Å²) in [6.45, 7) is 6.08. The highest BCUT2D eigenvalue weighted by molar-refractivity contribution is 5.81. The van der Waals surface area contributed by atoms with Crippen LogP contribution in [0.4, 0.5) is 5.69 Å². The molecule has 0 aliphatic rings. The molecule has 0 radical (unpaired) electrons. The zero-order valence-electron chi connectivity index (χ0n) is 13.3. The van der Waals surface area contributed by atoms with Gasteiger partial charge in [-0.2, -0.15) is 0 Å². The van der Waals surface area contributed by atoms with Crippen LogP contribution in [0.2, 0.25) is 0 Å². The maximum atomic E-state index is 11.8. The van der Waals surface area contributed by atoms with E-state index in [9.17, 15) is 4.79 Å². The second-order valence-electron chi connectivity index (χ2n) is 5.10. The Morgan fingerprint density at radius 2 is 1.70 bits per heavy atom. The fourth-order valence-corrected chi connectivity index (χ4v) is 1.91. The smallest absolute Gasteiger partial charge is 0.257 e. The Balaban J connectivity index is 1.76. The van der Waals surface area contributed by atoms with Crippen molar-refractivity contribution in [3.05, 3.63) is 66.2 Å². The molecule has 3 N–H and O–H groups in total. The third-order valence-electron chi connectivity index (χ3n) is 3.30. The number of carbonyl (C=O) groups is 1. The number of methoxy groups -OCH3 is 1. The summed E-state index contributed by atoms with van der Waals surface area (Å²) >= 11 is 0. The molecule has 5 heteroatoms. The van der Waals surface area contributed by atoms with Crippen molar-refractivity contribution in [1.29, 1.82) is 0 Å². The topological polar surface area (TPSA) is 62.4 Å². The van der Waals surface area contributed by atoms with Crippen LogP contribution in [-0.2, 0) is 4.79 Å². The number of aryl methyl sites for hydroxylation is 1. The number of carbonyl (C=O) groups excluding carboxylic acids is 1. The predicted octanol–water partition coefficient (Wildman–Crippen LogP) is 2.71. The van der Waals surface area contributed by atoms with E-state index in [2.05, 4.69) is 22.7 Å². The SMILES string of the molecule is C=C(NNC(=O)CNc1ccc(C)cc1)c1ccc(OC)cc1. The Morgan fingerprint density at radius 1 is 1.04 bits per heavy atom. The van der Waals surface area contributed by atoms with E-state index in [0.717, 1.165) is 17.0 Å².